The summed E-state index contributed by atoms with van der Waals surface area (Å²) in [6.45, 7) is 3.97. The molecule has 0 aromatic heterocycles. The van der Waals surface area contributed by atoms with E-state index in [0.29, 0.717) is 6.54 Å². The van der Waals surface area contributed by atoms with Gasteiger partial charge in [0.1, 0.15) is 0 Å². The van der Waals surface area contributed by atoms with Crippen LogP contribution in [0.1, 0.15) is 20.3 Å². The third-order valence-electron chi connectivity index (χ3n) is 1.97. The molecule has 0 aromatic carbocycles. The third kappa shape index (κ3) is 6.64. The van der Waals surface area contributed by atoms with Crippen LogP contribution in [0.3, 0.4) is 0 Å². The van der Waals surface area contributed by atoms with Crippen LogP contribution >= 0.6 is 0 Å². The van der Waals surface area contributed by atoms with Crippen molar-refractivity contribution in [2.24, 2.45) is 5.92 Å². The minimum atomic E-state index is -4.60. The largest absolute Gasteiger partial charge is 0.415 e. The Balaban J connectivity index is 4.25. The van der Waals surface area contributed by atoms with E-state index in [1.54, 1.807) is 0 Å². The zero-order valence-electron chi connectivity index (χ0n) is 9.46. The average Bonchev–Trinajstić information content (AvgIpc) is 2.11. The Labute approximate surface area is 93.5 Å². The van der Waals surface area contributed by atoms with E-state index in [9.17, 15) is 13.2 Å². The molecule has 0 saturated heterocycles. The third-order valence-corrected chi connectivity index (χ3v) is 1.97. The summed E-state index contributed by atoms with van der Waals surface area (Å²) < 4.78 is 36.4. The quantitative estimate of drug-likeness (QED) is 0.767. The molecule has 0 fully saturated rings. The van der Waals surface area contributed by atoms with E-state index >= 15 is 0 Å². The van der Waals surface area contributed by atoms with E-state index in [0.717, 1.165) is 0 Å². The van der Waals surface area contributed by atoms with Crippen molar-refractivity contribution >= 4 is 0 Å². The lowest BCUT2D eigenvalue weighted by Gasteiger charge is -2.26. The number of alkyl halides is 3. The minimum Gasteiger partial charge on any atom is -0.382 e. The highest BCUT2D eigenvalue weighted by molar-refractivity contribution is 4.76. The Hall–Kier alpha value is -0.800. The number of nitrogens with zero attached hydrogens (tertiary/aromatic N) is 2. The molecule has 0 radical (unpaired) electrons. The van der Waals surface area contributed by atoms with Gasteiger partial charge in [0, 0.05) is 26.1 Å². The van der Waals surface area contributed by atoms with Crippen molar-refractivity contribution < 1.29 is 18.3 Å². The highest BCUT2D eigenvalue weighted by Crippen LogP contribution is 2.21. The number of aliphatic hydroxyl groups is 1. The summed E-state index contributed by atoms with van der Waals surface area (Å²) in [6.07, 6.45) is -6.77. The molecule has 6 heteroatoms. The summed E-state index contributed by atoms with van der Waals surface area (Å²) in [6, 6.07) is 1.88. The summed E-state index contributed by atoms with van der Waals surface area (Å²) >= 11 is 0. The number of halogens is 3. The second-order valence-corrected chi connectivity index (χ2v) is 4.12. The van der Waals surface area contributed by atoms with Gasteiger partial charge in [-0.2, -0.15) is 18.4 Å². The molecule has 1 atom stereocenters. The predicted molar refractivity (Wildman–Crippen MR) is 53.6 cm³/mol. The standard InChI is InChI=1S/C10H17F3N2O/c1-8(2)6-15(5-3-4-14)7-9(16)10(11,12)13/h8-9,16H,3,5-7H2,1-2H3. The molecule has 1 unspecified atom stereocenters. The lowest BCUT2D eigenvalue weighted by atomic mass is 10.2. The first-order valence-electron chi connectivity index (χ1n) is 5.11. The van der Waals surface area contributed by atoms with E-state index < -0.39 is 18.8 Å². The maximum absolute atomic E-state index is 12.1. The maximum Gasteiger partial charge on any atom is 0.415 e. The van der Waals surface area contributed by atoms with E-state index in [2.05, 4.69) is 0 Å². The molecule has 0 spiro atoms. The van der Waals surface area contributed by atoms with Gasteiger partial charge < -0.3 is 5.11 Å². The summed E-state index contributed by atoms with van der Waals surface area (Å²) in [5, 5.41) is 17.3. The first-order valence-corrected chi connectivity index (χ1v) is 5.11. The molecule has 1 N–H and O–H groups in total. The molecule has 0 aromatic rings. The molecule has 0 rings (SSSR count). The molecular weight excluding hydrogens is 221 g/mol. The van der Waals surface area contributed by atoms with Crippen molar-refractivity contribution in [3.63, 3.8) is 0 Å². The first-order chi connectivity index (χ1) is 7.27. The van der Waals surface area contributed by atoms with Crippen LogP contribution in [0.2, 0.25) is 0 Å². The van der Waals surface area contributed by atoms with Gasteiger partial charge in [-0.15, -0.1) is 0 Å². The van der Waals surface area contributed by atoms with Gasteiger partial charge in [-0.25, -0.2) is 0 Å². The van der Waals surface area contributed by atoms with Gasteiger partial charge in [-0.05, 0) is 5.92 Å². The Morgan fingerprint density at radius 3 is 2.25 bits per heavy atom. The van der Waals surface area contributed by atoms with Crippen LogP contribution in [0.5, 0.6) is 0 Å². The average molecular weight is 238 g/mol. The van der Waals surface area contributed by atoms with Crippen LogP contribution in [0.25, 0.3) is 0 Å². The highest BCUT2D eigenvalue weighted by atomic mass is 19.4. The molecule has 0 bridgehead atoms. The van der Waals surface area contributed by atoms with E-state index in [-0.39, 0.29) is 18.9 Å². The number of hydrogen-bond acceptors (Lipinski definition) is 3. The molecule has 0 amide bonds. The van der Waals surface area contributed by atoms with Crippen molar-refractivity contribution in [1.82, 2.24) is 4.90 Å². The van der Waals surface area contributed by atoms with Gasteiger partial charge in [0.15, 0.2) is 6.10 Å². The van der Waals surface area contributed by atoms with Crippen molar-refractivity contribution in [1.29, 1.82) is 5.26 Å². The minimum absolute atomic E-state index is 0.164. The zero-order chi connectivity index (χ0) is 12.8. The summed E-state index contributed by atoms with van der Waals surface area (Å²) in [5.41, 5.74) is 0. The van der Waals surface area contributed by atoms with Crippen LogP contribution in [0, 0.1) is 17.2 Å². The molecule has 0 aliphatic heterocycles. The summed E-state index contributed by atoms with van der Waals surface area (Å²) in [7, 11) is 0. The SMILES string of the molecule is CC(C)CN(CCC#N)CC(O)C(F)(F)F. The lowest BCUT2D eigenvalue weighted by Crippen LogP contribution is -2.42. The van der Waals surface area contributed by atoms with Gasteiger partial charge in [0.05, 0.1) is 6.07 Å². The smallest absolute Gasteiger partial charge is 0.382 e. The van der Waals surface area contributed by atoms with Gasteiger partial charge in [-0.3, -0.25) is 4.90 Å². The predicted octanol–water partition coefficient (Wildman–Crippen LogP) is 1.78. The normalized spacial score (nSPS) is 14.2. The van der Waals surface area contributed by atoms with E-state index in [4.69, 9.17) is 10.4 Å². The Morgan fingerprint density at radius 2 is 1.88 bits per heavy atom. The topological polar surface area (TPSA) is 47.3 Å². The second kappa shape index (κ2) is 6.71. The van der Waals surface area contributed by atoms with Crippen LogP contribution in [-0.2, 0) is 0 Å². The molecule has 0 heterocycles. The van der Waals surface area contributed by atoms with Crippen molar-refractivity contribution in [2.45, 2.75) is 32.5 Å². The molecule has 3 nitrogen and oxygen atoms in total. The molecule has 94 valence electrons. The van der Waals surface area contributed by atoms with Crippen LogP contribution in [0.4, 0.5) is 13.2 Å². The first kappa shape index (κ1) is 15.2. The molecular formula is C10H17F3N2O. The number of hydrogen-bond donors (Lipinski definition) is 1. The molecule has 0 aliphatic rings. The zero-order valence-corrected chi connectivity index (χ0v) is 9.46. The Bertz CT molecular complexity index is 235. The summed E-state index contributed by atoms with van der Waals surface area (Å²) in [5.74, 6) is 0.194. The Kier molecular flexibility index (Phi) is 6.38. The van der Waals surface area contributed by atoms with Crippen LogP contribution < -0.4 is 0 Å². The number of rotatable bonds is 6. The molecule has 0 saturated carbocycles. The van der Waals surface area contributed by atoms with Crippen molar-refractivity contribution in [3.05, 3.63) is 0 Å². The van der Waals surface area contributed by atoms with Gasteiger partial charge >= 0.3 is 6.18 Å². The lowest BCUT2D eigenvalue weighted by molar-refractivity contribution is -0.208. The number of nitriles is 1. The van der Waals surface area contributed by atoms with E-state index in [1.165, 1.54) is 4.90 Å². The van der Waals surface area contributed by atoms with Gasteiger partial charge in [0.25, 0.3) is 0 Å². The fourth-order valence-corrected chi connectivity index (χ4v) is 1.33. The summed E-state index contributed by atoms with van der Waals surface area (Å²) in [4.78, 5) is 1.46. The Morgan fingerprint density at radius 1 is 1.31 bits per heavy atom. The van der Waals surface area contributed by atoms with Gasteiger partial charge in [0.2, 0.25) is 0 Å². The molecule has 0 aliphatic carbocycles. The fourth-order valence-electron chi connectivity index (χ4n) is 1.33. The second-order valence-electron chi connectivity index (χ2n) is 4.12. The van der Waals surface area contributed by atoms with Crippen LogP contribution in [0.15, 0.2) is 0 Å². The monoisotopic (exact) mass is 238 g/mol. The van der Waals surface area contributed by atoms with Crippen molar-refractivity contribution in [3.8, 4) is 6.07 Å². The molecule has 16 heavy (non-hydrogen) atoms. The van der Waals surface area contributed by atoms with Crippen LogP contribution in [-0.4, -0.2) is 41.9 Å². The van der Waals surface area contributed by atoms with Crippen molar-refractivity contribution in [2.75, 3.05) is 19.6 Å². The van der Waals surface area contributed by atoms with E-state index in [1.807, 2.05) is 19.9 Å². The van der Waals surface area contributed by atoms with Gasteiger partial charge in [-0.1, -0.05) is 13.8 Å². The fraction of sp³-hybridized carbons (Fsp3) is 0.900. The maximum atomic E-state index is 12.1. The highest BCUT2D eigenvalue weighted by Gasteiger charge is 2.39. The number of aliphatic hydroxyl groups excluding tert-OH is 1.